The molecule has 0 saturated carbocycles. The Kier molecular flexibility index (Phi) is 9.82. The first-order chi connectivity index (χ1) is 21.4. The van der Waals surface area contributed by atoms with Crippen molar-refractivity contribution in [3.05, 3.63) is 155 Å². The molecule has 1 fully saturated rings. The smallest absolute Gasteiger partial charge is 0.465 e. The summed E-state index contributed by atoms with van der Waals surface area (Å²) in [4.78, 5) is 12.1. The van der Waals surface area contributed by atoms with Crippen LogP contribution in [0.5, 0.6) is 0 Å². The lowest BCUT2D eigenvalue weighted by Gasteiger charge is -2.47. The summed E-state index contributed by atoms with van der Waals surface area (Å²) in [5.74, 6) is -1.50. The second-order valence-corrected chi connectivity index (χ2v) is 11.3. The number of benzene rings is 4. The van der Waals surface area contributed by atoms with Crippen molar-refractivity contribution in [2.24, 2.45) is 0 Å². The highest BCUT2D eigenvalue weighted by molar-refractivity contribution is 6.48. The molecule has 0 aromatic heterocycles. The molecule has 3 atom stereocenters. The van der Waals surface area contributed by atoms with Crippen molar-refractivity contribution >= 4 is 13.1 Å². The van der Waals surface area contributed by atoms with E-state index in [9.17, 15) is 9.90 Å². The van der Waals surface area contributed by atoms with Crippen molar-refractivity contribution in [3.63, 3.8) is 0 Å². The number of allylic oxidation sites excluding steroid dienone is 2. The van der Waals surface area contributed by atoms with Crippen LogP contribution in [0, 0.1) is 0 Å². The van der Waals surface area contributed by atoms with Crippen LogP contribution in [0.3, 0.4) is 0 Å². The van der Waals surface area contributed by atoms with Crippen molar-refractivity contribution in [2.75, 3.05) is 14.2 Å². The first kappa shape index (κ1) is 31.4. The Balaban J connectivity index is 1.82. The number of methoxy groups -OCH3 is 2. The SMILES string of the molecule is COC(c1ccccc1)(c1ccccc1)C1OB([C@H](C=C(C)C)CC(=O)O)OC1C(OC)(c1ccccc1)c1ccccc1. The fourth-order valence-corrected chi connectivity index (χ4v) is 6.58. The molecule has 1 aliphatic rings. The van der Waals surface area contributed by atoms with Gasteiger partial charge in [0.05, 0.1) is 6.42 Å². The molecule has 6 nitrogen and oxygen atoms in total. The molecule has 44 heavy (non-hydrogen) atoms. The largest absolute Gasteiger partial charge is 0.481 e. The zero-order valence-corrected chi connectivity index (χ0v) is 25.6. The lowest BCUT2D eigenvalue weighted by atomic mass is 9.69. The Hall–Kier alpha value is -4.01. The number of carboxylic acids is 1. The topological polar surface area (TPSA) is 74.2 Å². The highest BCUT2D eigenvalue weighted by atomic mass is 16.7. The number of ether oxygens (including phenoxy) is 2. The van der Waals surface area contributed by atoms with Crippen LogP contribution in [-0.4, -0.2) is 44.6 Å². The van der Waals surface area contributed by atoms with Crippen LogP contribution in [-0.2, 0) is 34.8 Å². The Morgan fingerprint density at radius 1 is 0.705 bits per heavy atom. The van der Waals surface area contributed by atoms with Gasteiger partial charge in [-0.15, -0.1) is 0 Å². The van der Waals surface area contributed by atoms with Crippen molar-refractivity contribution < 1.29 is 28.7 Å². The summed E-state index contributed by atoms with van der Waals surface area (Å²) in [6, 6.07) is 39.8. The Morgan fingerprint density at radius 2 is 1.02 bits per heavy atom. The number of hydrogen-bond donors (Lipinski definition) is 1. The summed E-state index contributed by atoms with van der Waals surface area (Å²) >= 11 is 0. The van der Waals surface area contributed by atoms with Gasteiger partial charge in [-0.05, 0) is 36.1 Å². The molecule has 226 valence electrons. The van der Waals surface area contributed by atoms with Crippen LogP contribution >= 0.6 is 0 Å². The highest BCUT2D eigenvalue weighted by Crippen LogP contribution is 2.51. The zero-order chi connectivity index (χ0) is 31.2. The maximum absolute atomic E-state index is 12.1. The Morgan fingerprint density at radius 3 is 1.27 bits per heavy atom. The third kappa shape index (κ3) is 5.89. The number of hydrogen-bond acceptors (Lipinski definition) is 5. The molecule has 1 heterocycles. The van der Waals surface area contributed by atoms with Gasteiger partial charge in [0.15, 0.2) is 0 Å². The predicted molar refractivity (Wildman–Crippen MR) is 172 cm³/mol. The van der Waals surface area contributed by atoms with Gasteiger partial charge in [0.1, 0.15) is 23.4 Å². The van der Waals surface area contributed by atoms with Crippen molar-refractivity contribution in [3.8, 4) is 0 Å². The van der Waals surface area contributed by atoms with Crippen LogP contribution in [0.4, 0.5) is 0 Å². The van der Waals surface area contributed by atoms with Crippen LogP contribution in [0.25, 0.3) is 0 Å². The molecule has 4 aromatic carbocycles. The average molecular weight is 591 g/mol. The van der Waals surface area contributed by atoms with Crippen molar-refractivity contribution in [1.82, 2.24) is 0 Å². The molecule has 2 unspecified atom stereocenters. The van der Waals surface area contributed by atoms with Gasteiger partial charge in [0, 0.05) is 20.0 Å². The summed E-state index contributed by atoms with van der Waals surface area (Å²) in [6.07, 6.45) is 0.175. The van der Waals surface area contributed by atoms with Crippen LogP contribution in [0.15, 0.2) is 133 Å². The first-order valence-electron chi connectivity index (χ1n) is 14.9. The normalized spacial score (nSPS) is 17.7. The van der Waals surface area contributed by atoms with E-state index < -0.39 is 42.3 Å². The molecule has 1 saturated heterocycles. The summed E-state index contributed by atoms with van der Waals surface area (Å²) < 4.78 is 27.3. The summed E-state index contributed by atoms with van der Waals surface area (Å²) in [6.45, 7) is 3.89. The van der Waals surface area contributed by atoms with Gasteiger partial charge in [0.25, 0.3) is 0 Å². The predicted octanol–water partition coefficient (Wildman–Crippen LogP) is 7.25. The van der Waals surface area contributed by atoms with Gasteiger partial charge in [-0.3, -0.25) is 4.79 Å². The lowest BCUT2D eigenvalue weighted by Crippen LogP contribution is -2.56. The monoisotopic (exact) mass is 590 g/mol. The first-order valence-corrected chi connectivity index (χ1v) is 14.9. The van der Waals surface area contributed by atoms with Gasteiger partial charge in [-0.1, -0.05) is 133 Å². The molecule has 7 heteroatoms. The maximum Gasteiger partial charge on any atom is 0.465 e. The minimum absolute atomic E-state index is 0.164. The van der Waals surface area contributed by atoms with Crippen LogP contribution < -0.4 is 0 Å². The van der Waals surface area contributed by atoms with Gasteiger partial charge < -0.3 is 23.9 Å². The van der Waals surface area contributed by atoms with Crippen molar-refractivity contribution in [2.45, 2.75) is 49.5 Å². The molecule has 5 rings (SSSR count). The Bertz CT molecular complexity index is 1350. The third-order valence-corrected chi connectivity index (χ3v) is 8.40. The van der Waals surface area contributed by atoms with E-state index in [0.717, 1.165) is 27.8 Å². The molecule has 0 aliphatic carbocycles. The highest BCUT2D eigenvalue weighted by Gasteiger charge is 2.62. The Labute approximate surface area is 260 Å². The third-order valence-electron chi connectivity index (χ3n) is 8.40. The molecule has 1 aliphatic heterocycles. The molecule has 0 bridgehead atoms. The molecule has 0 amide bonds. The zero-order valence-electron chi connectivity index (χ0n) is 25.6. The van der Waals surface area contributed by atoms with Gasteiger partial charge in [0.2, 0.25) is 0 Å². The maximum atomic E-state index is 12.1. The van der Waals surface area contributed by atoms with Gasteiger partial charge >= 0.3 is 13.1 Å². The standard InChI is InChI=1S/C37H39BO6/c1-27(2)25-32(26-33(39)40)38-43-34(36(41-3,28-17-9-5-10-18-28)29-19-11-6-12-20-29)35(44-38)37(42-4,30-21-13-7-14-22-30)31-23-15-8-16-24-31/h5-25,32,34-35H,26H2,1-4H3,(H,39,40)/t32-,34?,35?/m1/s1. The quantitative estimate of drug-likeness (QED) is 0.138. The van der Waals surface area contributed by atoms with E-state index in [1.807, 2.05) is 141 Å². The van der Waals surface area contributed by atoms with Crippen LogP contribution in [0.2, 0.25) is 5.82 Å². The van der Waals surface area contributed by atoms with E-state index in [4.69, 9.17) is 18.8 Å². The van der Waals surface area contributed by atoms with Gasteiger partial charge in [-0.25, -0.2) is 0 Å². The van der Waals surface area contributed by atoms with E-state index in [1.165, 1.54) is 0 Å². The molecule has 0 radical (unpaired) electrons. The summed E-state index contributed by atoms with van der Waals surface area (Å²) in [7, 11) is 2.45. The average Bonchev–Trinajstić information content (AvgIpc) is 3.50. The fourth-order valence-electron chi connectivity index (χ4n) is 6.58. The van der Waals surface area contributed by atoms with E-state index in [2.05, 4.69) is 0 Å². The van der Waals surface area contributed by atoms with E-state index >= 15 is 0 Å². The van der Waals surface area contributed by atoms with E-state index in [0.29, 0.717) is 0 Å². The fraction of sp³-hybridized carbons (Fsp3) is 0.270. The minimum Gasteiger partial charge on any atom is -0.481 e. The summed E-state index contributed by atoms with van der Waals surface area (Å²) in [5, 5.41) is 9.92. The number of carbonyl (C=O) groups is 1. The lowest BCUT2D eigenvalue weighted by molar-refractivity contribution is -0.137. The van der Waals surface area contributed by atoms with Gasteiger partial charge in [-0.2, -0.15) is 0 Å². The number of carboxylic acid groups (broad SMARTS) is 1. The minimum atomic E-state index is -1.16. The van der Waals surface area contributed by atoms with E-state index in [1.54, 1.807) is 14.2 Å². The molecule has 4 aromatic rings. The molecule has 1 N–H and O–H groups in total. The van der Waals surface area contributed by atoms with Crippen molar-refractivity contribution in [1.29, 1.82) is 0 Å². The molecular weight excluding hydrogens is 551 g/mol. The molecular formula is C37H39BO6. The van der Waals surface area contributed by atoms with Crippen LogP contribution in [0.1, 0.15) is 42.5 Å². The van der Waals surface area contributed by atoms with E-state index in [-0.39, 0.29) is 6.42 Å². The summed E-state index contributed by atoms with van der Waals surface area (Å²) in [5.41, 5.74) is 2.14. The molecule has 0 spiro atoms. The second kappa shape index (κ2) is 13.7. The number of aliphatic carboxylic acids is 1. The second-order valence-electron chi connectivity index (χ2n) is 11.3. The number of rotatable bonds is 12.